The Morgan fingerprint density at radius 3 is 2.44 bits per heavy atom. The summed E-state index contributed by atoms with van der Waals surface area (Å²) in [5.41, 5.74) is 0. The summed E-state index contributed by atoms with van der Waals surface area (Å²) in [5, 5.41) is 3.13. The lowest BCUT2D eigenvalue weighted by atomic mass is 10.4. The smallest absolute Gasteiger partial charge is 0.0873 e. The number of rotatable bonds is 4. The fourth-order valence-electron chi connectivity index (χ4n) is 0.478. The van der Waals surface area contributed by atoms with Crippen LogP contribution in [-0.4, -0.2) is 11.1 Å². The maximum absolute atomic E-state index is 3.59. The highest BCUT2D eigenvalue weighted by atomic mass is 33.1. The maximum Gasteiger partial charge on any atom is 0.0873 e. The summed E-state index contributed by atoms with van der Waals surface area (Å²) in [6, 6.07) is 0. The van der Waals surface area contributed by atoms with Crippen molar-refractivity contribution in [1.29, 1.82) is 0 Å². The SMILES string of the molecule is C=CNC(C)(C)SSC. The van der Waals surface area contributed by atoms with Gasteiger partial charge in [-0.15, -0.1) is 0 Å². The highest BCUT2D eigenvalue weighted by Gasteiger charge is 2.13. The zero-order valence-corrected chi connectivity index (χ0v) is 7.73. The van der Waals surface area contributed by atoms with Gasteiger partial charge in [0, 0.05) is 0 Å². The molecule has 0 saturated heterocycles. The van der Waals surface area contributed by atoms with E-state index in [2.05, 4.69) is 32.0 Å². The van der Waals surface area contributed by atoms with Crippen LogP contribution in [0.25, 0.3) is 0 Å². The van der Waals surface area contributed by atoms with Gasteiger partial charge in [0.2, 0.25) is 0 Å². The van der Waals surface area contributed by atoms with Crippen molar-refractivity contribution in [3.05, 3.63) is 12.8 Å². The molecule has 54 valence electrons. The lowest BCUT2D eigenvalue weighted by Crippen LogP contribution is -2.29. The molecule has 1 N–H and O–H groups in total. The molecule has 0 aliphatic carbocycles. The normalized spacial score (nSPS) is 11.0. The Hall–Kier alpha value is 0.240. The zero-order valence-electron chi connectivity index (χ0n) is 6.10. The van der Waals surface area contributed by atoms with Crippen LogP contribution in [0.4, 0.5) is 0 Å². The Balaban J connectivity index is 3.55. The number of hydrogen-bond donors (Lipinski definition) is 1. The van der Waals surface area contributed by atoms with Gasteiger partial charge in [0.25, 0.3) is 0 Å². The van der Waals surface area contributed by atoms with Crippen LogP contribution < -0.4 is 5.32 Å². The minimum atomic E-state index is 0.112. The van der Waals surface area contributed by atoms with Crippen LogP contribution in [0, 0.1) is 0 Å². The monoisotopic (exact) mass is 163 g/mol. The van der Waals surface area contributed by atoms with Gasteiger partial charge in [0.05, 0.1) is 4.87 Å². The lowest BCUT2D eigenvalue weighted by Gasteiger charge is -2.22. The van der Waals surface area contributed by atoms with E-state index in [1.807, 2.05) is 0 Å². The van der Waals surface area contributed by atoms with Crippen molar-refractivity contribution in [2.45, 2.75) is 18.7 Å². The second-order valence-electron chi connectivity index (χ2n) is 2.11. The Bertz CT molecular complexity index is 91.1. The molecule has 0 fully saturated rings. The molecule has 0 aliphatic rings. The summed E-state index contributed by atoms with van der Waals surface area (Å²) in [5.74, 6) is 0. The Kier molecular flexibility index (Phi) is 4.23. The predicted octanol–water partition coefficient (Wildman–Crippen LogP) is 2.47. The van der Waals surface area contributed by atoms with Crippen molar-refractivity contribution in [2.24, 2.45) is 0 Å². The molecule has 0 atom stereocenters. The average Bonchev–Trinajstić information content (AvgIpc) is 1.64. The van der Waals surface area contributed by atoms with E-state index in [4.69, 9.17) is 0 Å². The third kappa shape index (κ3) is 4.73. The van der Waals surface area contributed by atoms with E-state index in [0.717, 1.165) is 0 Å². The Morgan fingerprint density at radius 2 is 2.11 bits per heavy atom. The molecule has 0 amide bonds. The van der Waals surface area contributed by atoms with Gasteiger partial charge in [-0.1, -0.05) is 28.2 Å². The van der Waals surface area contributed by atoms with Crippen LogP contribution >= 0.6 is 21.6 Å². The van der Waals surface area contributed by atoms with Crippen molar-refractivity contribution in [3.63, 3.8) is 0 Å². The summed E-state index contributed by atoms with van der Waals surface area (Å²) in [6.07, 6.45) is 3.79. The van der Waals surface area contributed by atoms with Gasteiger partial charge >= 0.3 is 0 Å². The summed E-state index contributed by atoms with van der Waals surface area (Å²) >= 11 is 0. The van der Waals surface area contributed by atoms with Gasteiger partial charge in [-0.3, -0.25) is 0 Å². The van der Waals surface area contributed by atoms with Crippen LogP contribution in [0.3, 0.4) is 0 Å². The zero-order chi connectivity index (χ0) is 7.33. The summed E-state index contributed by atoms with van der Waals surface area (Å²) in [6.45, 7) is 7.84. The second-order valence-corrected chi connectivity index (χ2v) is 5.13. The van der Waals surface area contributed by atoms with E-state index in [1.165, 1.54) is 0 Å². The van der Waals surface area contributed by atoms with Crippen molar-refractivity contribution in [3.8, 4) is 0 Å². The summed E-state index contributed by atoms with van der Waals surface area (Å²) < 4.78 is 0. The minimum Gasteiger partial charge on any atom is -0.377 e. The first-order valence-corrected chi connectivity index (χ1v) is 5.28. The van der Waals surface area contributed by atoms with Crippen LogP contribution in [0.1, 0.15) is 13.8 Å². The molecule has 9 heavy (non-hydrogen) atoms. The van der Waals surface area contributed by atoms with E-state index in [0.29, 0.717) is 0 Å². The topological polar surface area (TPSA) is 12.0 Å². The van der Waals surface area contributed by atoms with E-state index in [-0.39, 0.29) is 4.87 Å². The molecular weight excluding hydrogens is 150 g/mol. The molecule has 0 heterocycles. The van der Waals surface area contributed by atoms with Gasteiger partial charge in [-0.25, -0.2) is 0 Å². The minimum absolute atomic E-state index is 0.112. The van der Waals surface area contributed by atoms with Gasteiger partial charge in [-0.2, -0.15) is 0 Å². The van der Waals surface area contributed by atoms with Gasteiger partial charge in [0.15, 0.2) is 0 Å². The molecular formula is C6H13NS2. The van der Waals surface area contributed by atoms with Gasteiger partial charge in [-0.05, 0) is 26.3 Å². The number of nitrogens with one attached hydrogen (secondary N) is 1. The van der Waals surface area contributed by atoms with Crippen molar-refractivity contribution >= 4 is 21.6 Å². The molecule has 1 nitrogen and oxygen atoms in total. The van der Waals surface area contributed by atoms with E-state index >= 15 is 0 Å². The highest BCUT2D eigenvalue weighted by molar-refractivity contribution is 8.76. The molecule has 0 aromatic heterocycles. The van der Waals surface area contributed by atoms with Crippen molar-refractivity contribution in [2.75, 3.05) is 6.26 Å². The molecule has 0 unspecified atom stereocenters. The Labute approximate surface area is 65.1 Å². The molecule has 0 aliphatic heterocycles. The fourth-order valence-corrected chi connectivity index (χ4v) is 2.42. The first kappa shape index (κ1) is 9.24. The molecule has 0 saturated carbocycles. The van der Waals surface area contributed by atoms with E-state index in [1.54, 1.807) is 27.8 Å². The largest absolute Gasteiger partial charge is 0.377 e. The predicted molar refractivity (Wildman–Crippen MR) is 48.5 cm³/mol. The Morgan fingerprint density at radius 1 is 1.56 bits per heavy atom. The molecule has 0 spiro atoms. The van der Waals surface area contributed by atoms with Crippen molar-refractivity contribution < 1.29 is 0 Å². The quantitative estimate of drug-likeness (QED) is 0.505. The molecule has 3 heteroatoms. The first-order valence-electron chi connectivity index (χ1n) is 2.73. The van der Waals surface area contributed by atoms with Crippen LogP contribution in [-0.2, 0) is 0 Å². The molecule has 0 bridgehead atoms. The first-order chi connectivity index (χ1) is 4.12. The lowest BCUT2D eigenvalue weighted by molar-refractivity contribution is 0.645. The highest BCUT2D eigenvalue weighted by Crippen LogP contribution is 2.30. The third-order valence-electron chi connectivity index (χ3n) is 0.741. The van der Waals surface area contributed by atoms with Crippen LogP contribution in [0.2, 0.25) is 0 Å². The maximum atomic E-state index is 3.59. The second kappa shape index (κ2) is 4.12. The van der Waals surface area contributed by atoms with Crippen LogP contribution in [0.5, 0.6) is 0 Å². The molecule has 0 radical (unpaired) electrons. The third-order valence-corrected chi connectivity index (χ3v) is 3.19. The summed E-state index contributed by atoms with van der Waals surface area (Å²) in [4.78, 5) is 0.112. The summed E-state index contributed by atoms with van der Waals surface area (Å²) in [7, 11) is 3.55. The van der Waals surface area contributed by atoms with Crippen LogP contribution in [0.15, 0.2) is 12.8 Å². The van der Waals surface area contributed by atoms with Crippen molar-refractivity contribution in [1.82, 2.24) is 5.32 Å². The van der Waals surface area contributed by atoms with Gasteiger partial charge in [0.1, 0.15) is 0 Å². The standard InChI is InChI=1S/C6H13NS2/c1-5-7-6(2,3)9-8-4/h5,7H,1H2,2-4H3. The van der Waals surface area contributed by atoms with E-state index < -0.39 is 0 Å². The van der Waals surface area contributed by atoms with Gasteiger partial charge < -0.3 is 5.32 Å². The van der Waals surface area contributed by atoms with E-state index in [9.17, 15) is 0 Å². The fraction of sp³-hybridized carbons (Fsp3) is 0.667. The molecule has 0 aromatic carbocycles. The number of hydrogen-bond acceptors (Lipinski definition) is 3. The molecule has 0 aromatic rings. The molecule has 0 rings (SSSR count). The average molecular weight is 163 g/mol.